The first-order valence-electron chi connectivity index (χ1n) is 16.3. The second-order valence-corrected chi connectivity index (χ2v) is 12.0. The zero-order chi connectivity index (χ0) is 33.9. The van der Waals surface area contributed by atoms with Crippen LogP contribution in [0.2, 0.25) is 0 Å². The molecule has 4 nitrogen and oxygen atoms in total. The summed E-state index contributed by atoms with van der Waals surface area (Å²) < 4.78 is 0. The molecule has 50 heavy (non-hydrogen) atoms. The van der Waals surface area contributed by atoms with E-state index in [1.807, 2.05) is 24.3 Å². The summed E-state index contributed by atoms with van der Waals surface area (Å²) in [6.07, 6.45) is 8.54. The fraction of sp³-hybridized carbons (Fsp3) is 0. The molecule has 5 heterocycles. The normalized spacial score (nSPS) is 11.6. The maximum atomic E-state index is 5.35. The molecule has 2 aliphatic heterocycles. The van der Waals surface area contributed by atoms with Gasteiger partial charge in [-0.2, -0.15) is 0 Å². The molecule has 6 heteroatoms. The van der Waals surface area contributed by atoms with E-state index in [1.54, 1.807) is 0 Å². The minimum absolute atomic E-state index is 0.906. The zero-order valence-electron chi connectivity index (χ0n) is 26.8. The Morgan fingerprint density at radius 1 is 0.320 bits per heavy atom. The van der Waals surface area contributed by atoms with Gasteiger partial charge in [0.25, 0.3) is 0 Å². The number of nitrogens with zero attached hydrogens (tertiary/aromatic N) is 2. The van der Waals surface area contributed by atoms with Gasteiger partial charge in [-0.1, -0.05) is 121 Å². The summed E-state index contributed by atoms with van der Waals surface area (Å²) in [5.74, 6) is 0. The van der Waals surface area contributed by atoms with Crippen molar-refractivity contribution in [3.8, 4) is 44.5 Å². The molecule has 0 radical (unpaired) electrons. The first-order valence-corrected chi connectivity index (χ1v) is 18.1. The third-order valence-corrected chi connectivity index (χ3v) is 9.00. The number of fused-ring (bicyclic) bond motifs is 8. The van der Waals surface area contributed by atoms with E-state index in [0.29, 0.717) is 0 Å². The Labute approximate surface area is 303 Å². The Morgan fingerprint density at radius 3 is 0.760 bits per heavy atom. The number of nitrogens with one attached hydrogen (secondary N) is 2. The molecule has 237 valence electrons. The minimum atomic E-state index is 0.906. The fourth-order valence-electron chi connectivity index (χ4n) is 6.84. The van der Waals surface area contributed by atoms with Gasteiger partial charge in [-0.05, 0) is 70.8 Å². The van der Waals surface area contributed by atoms with Crippen LogP contribution in [0.4, 0.5) is 0 Å². The molecular formula is C44H30ClCrN4+2. The van der Waals surface area contributed by atoms with Crippen LogP contribution in [-0.4, -0.2) is 19.9 Å². The van der Waals surface area contributed by atoms with Crippen molar-refractivity contribution in [2.75, 3.05) is 0 Å². The monoisotopic (exact) mass is 701 g/mol. The second kappa shape index (κ2) is 14.0. The molecule has 0 unspecified atom stereocenters. The van der Waals surface area contributed by atoms with Crippen molar-refractivity contribution in [3.63, 3.8) is 0 Å². The predicted octanol–water partition coefficient (Wildman–Crippen LogP) is 12.0. The standard InChI is InChI=1S/C44H30N4.ClH.Cr/c1-5-13-29(14-6-1)41-33-21-23-35(45-33)42(30-15-7-2-8-16-30)37-25-27-39(47-37)44(32-19-11-4-12-20-32)40-28-26-38(48-40)43(31-17-9-3-10-18-31)36-24-22-34(41)46-36;;/h1-28,45,48H;1H;/q;;+3/p-1. The van der Waals surface area contributed by atoms with E-state index in [2.05, 4.69) is 181 Å². The van der Waals surface area contributed by atoms with E-state index in [9.17, 15) is 0 Å². The number of aromatic nitrogens is 4. The molecule has 2 N–H and O–H groups in total. The third kappa shape index (κ3) is 5.93. The van der Waals surface area contributed by atoms with Gasteiger partial charge >= 0.3 is 25.4 Å². The van der Waals surface area contributed by atoms with E-state index >= 15 is 0 Å². The maximum absolute atomic E-state index is 5.35. The molecule has 0 atom stereocenters. The van der Waals surface area contributed by atoms with Crippen molar-refractivity contribution in [1.29, 1.82) is 0 Å². The Bertz CT molecular complexity index is 2190. The average Bonchev–Trinajstić information content (AvgIpc) is 4.02. The van der Waals surface area contributed by atoms with Crippen LogP contribution in [-0.2, 0) is 15.4 Å². The first-order chi connectivity index (χ1) is 24.8. The van der Waals surface area contributed by atoms with Gasteiger partial charge in [0.05, 0.1) is 22.8 Å². The summed E-state index contributed by atoms with van der Waals surface area (Å²) in [7, 11) is 4.51. The quantitative estimate of drug-likeness (QED) is 0.192. The molecule has 4 aromatic carbocycles. The Kier molecular flexibility index (Phi) is 8.86. The molecule has 0 amide bonds. The molecule has 9 rings (SSSR count). The summed E-state index contributed by atoms with van der Waals surface area (Å²) in [4.78, 5) is 18.3. The number of hydrogen-bond donors (Lipinski definition) is 2. The Balaban J connectivity index is 0.00000177. The summed E-state index contributed by atoms with van der Waals surface area (Å²) in [5.41, 5.74) is 16.2. The third-order valence-electron chi connectivity index (χ3n) is 9.00. The number of hydrogen-bond acceptors (Lipinski definition) is 2. The van der Waals surface area contributed by atoms with Gasteiger partial charge in [0, 0.05) is 44.3 Å². The molecule has 0 aliphatic carbocycles. The molecule has 2 aliphatic rings. The number of halogens is 1. The molecular weight excluding hydrogens is 672 g/mol. The van der Waals surface area contributed by atoms with Crippen LogP contribution < -0.4 is 0 Å². The van der Waals surface area contributed by atoms with Crippen molar-refractivity contribution in [2.45, 2.75) is 0 Å². The van der Waals surface area contributed by atoms with E-state index in [1.165, 1.54) is 0 Å². The number of aromatic amines is 2. The number of H-pyrrole nitrogens is 2. The van der Waals surface area contributed by atoms with Gasteiger partial charge in [-0.15, -0.1) is 0 Å². The average molecular weight is 702 g/mol. The van der Waals surface area contributed by atoms with Crippen molar-refractivity contribution < 1.29 is 15.4 Å². The van der Waals surface area contributed by atoms with Gasteiger partial charge in [-0.25, -0.2) is 9.97 Å². The van der Waals surface area contributed by atoms with Gasteiger partial charge < -0.3 is 9.97 Å². The molecule has 0 fully saturated rings. The molecule has 0 spiro atoms. The molecule has 0 saturated carbocycles. The predicted molar refractivity (Wildman–Crippen MR) is 206 cm³/mol. The first kappa shape index (κ1) is 31.6. The summed E-state index contributed by atoms with van der Waals surface area (Å²) in [6.45, 7) is 0. The van der Waals surface area contributed by atoms with Crippen LogP contribution in [0.3, 0.4) is 0 Å². The van der Waals surface area contributed by atoms with Crippen molar-refractivity contribution >= 4 is 56.4 Å². The summed E-state index contributed by atoms with van der Waals surface area (Å²) in [5, 5.41) is 0. The molecule has 0 saturated heterocycles. The summed E-state index contributed by atoms with van der Waals surface area (Å²) >= 11 is 2.10. The topological polar surface area (TPSA) is 57.4 Å². The van der Waals surface area contributed by atoms with Gasteiger partial charge in [0.1, 0.15) is 0 Å². The SMILES string of the molecule is C1=Cc2nc1c(-c1ccccc1)c1ccc([nH]1)c(-c1ccccc1)c1nc(c(-c3ccccc3)c3ccc([nH]3)c2-c2ccccc2)C=C1.[Cl][Cr+2]. The van der Waals surface area contributed by atoms with Crippen molar-refractivity contribution in [3.05, 3.63) is 168 Å². The molecule has 8 bridgehead atoms. The Hall–Kier alpha value is -5.70. The van der Waals surface area contributed by atoms with E-state index < -0.39 is 0 Å². The van der Waals surface area contributed by atoms with Crippen molar-refractivity contribution in [2.24, 2.45) is 0 Å². The molecule has 3 aromatic heterocycles. The van der Waals surface area contributed by atoms with Crippen molar-refractivity contribution in [1.82, 2.24) is 19.9 Å². The Morgan fingerprint density at radius 2 is 0.540 bits per heavy atom. The van der Waals surface area contributed by atoms with Gasteiger partial charge in [0.2, 0.25) is 0 Å². The van der Waals surface area contributed by atoms with E-state index in [-0.39, 0.29) is 0 Å². The van der Waals surface area contributed by atoms with Crippen LogP contribution in [0.5, 0.6) is 0 Å². The van der Waals surface area contributed by atoms with Crippen LogP contribution in [0.15, 0.2) is 146 Å². The summed E-state index contributed by atoms with van der Waals surface area (Å²) in [6, 6.07) is 50.7. The van der Waals surface area contributed by atoms with E-state index in [0.717, 1.165) is 89.4 Å². The van der Waals surface area contributed by atoms with Crippen LogP contribution in [0.1, 0.15) is 22.8 Å². The van der Waals surface area contributed by atoms with E-state index in [4.69, 9.17) is 9.97 Å². The number of rotatable bonds is 4. The van der Waals surface area contributed by atoms with Crippen LogP contribution in [0, 0.1) is 0 Å². The second-order valence-electron chi connectivity index (χ2n) is 12.0. The zero-order valence-corrected chi connectivity index (χ0v) is 28.9. The molecule has 7 aromatic rings. The number of benzene rings is 4. The van der Waals surface area contributed by atoms with Gasteiger partial charge in [0.15, 0.2) is 0 Å². The fourth-order valence-corrected chi connectivity index (χ4v) is 6.84. The van der Waals surface area contributed by atoms with Gasteiger partial charge in [-0.3, -0.25) is 0 Å². The van der Waals surface area contributed by atoms with Crippen LogP contribution >= 0.6 is 10.0 Å². The van der Waals surface area contributed by atoms with Crippen LogP contribution in [0.25, 0.3) is 90.9 Å².